The maximum Gasteiger partial charge on any atom is 0.336 e. The fraction of sp³-hybridized carbons (Fsp3) is 0.429. The molecule has 10 heteroatoms. The van der Waals surface area contributed by atoms with Crippen LogP contribution in [0, 0.1) is 0 Å². The number of anilines is 1. The first-order chi connectivity index (χ1) is 24.8. The van der Waals surface area contributed by atoms with Crippen LogP contribution < -0.4 is 25.4 Å². The van der Waals surface area contributed by atoms with Crippen molar-refractivity contribution in [2.75, 3.05) is 38.6 Å². The largest absolute Gasteiger partial charge is 0.478 e. The van der Waals surface area contributed by atoms with Gasteiger partial charge in [0.15, 0.2) is 11.6 Å². The molecule has 0 unspecified atom stereocenters. The number of aromatic carboxylic acids is 1. The second kappa shape index (κ2) is 13.8. The van der Waals surface area contributed by atoms with Gasteiger partial charge in [0.1, 0.15) is 13.6 Å². The summed E-state index contributed by atoms with van der Waals surface area (Å²) in [6.07, 6.45) is 3.79. The highest BCUT2D eigenvalue weighted by Crippen LogP contribution is 2.44. The van der Waals surface area contributed by atoms with E-state index < -0.39 is 23.9 Å². The Kier molecular flexibility index (Phi) is 9.35. The Morgan fingerprint density at radius 3 is 2.42 bits per heavy atom. The third kappa shape index (κ3) is 6.33. The summed E-state index contributed by atoms with van der Waals surface area (Å²) >= 11 is 0. The van der Waals surface area contributed by atoms with Gasteiger partial charge in [-0.3, -0.25) is 19.2 Å². The quantitative estimate of drug-likeness (QED) is 0.150. The number of benzene rings is 3. The number of ether oxygens (including phenoxy) is 1. The molecular formula is C42H46N3O7+. The zero-order valence-electron chi connectivity index (χ0n) is 30.4. The van der Waals surface area contributed by atoms with Crippen molar-refractivity contribution in [2.24, 2.45) is 0 Å². The summed E-state index contributed by atoms with van der Waals surface area (Å²) in [5, 5.41) is 15.7. The fourth-order valence-corrected chi connectivity index (χ4v) is 8.45. The van der Waals surface area contributed by atoms with E-state index in [9.17, 15) is 29.1 Å². The summed E-state index contributed by atoms with van der Waals surface area (Å²) in [5.41, 5.74) is 8.48. The van der Waals surface area contributed by atoms with E-state index in [1.165, 1.54) is 28.2 Å². The summed E-state index contributed by atoms with van der Waals surface area (Å²) < 4.78 is 7.37. The van der Waals surface area contributed by atoms with E-state index in [0.717, 1.165) is 66.3 Å². The number of carboxylic acids is 1. The molecule has 0 spiro atoms. The van der Waals surface area contributed by atoms with Crippen LogP contribution in [-0.2, 0) is 37.4 Å². The first-order valence-corrected chi connectivity index (χ1v) is 18.4. The average molecular weight is 705 g/mol. The number of esters is 1. The highest BCUT2D eigenvalue weighted by molar-refractivity contribution is 6.12. The van der Waals surface area contributed by atoms with Gasteiger partial charge in [-0.25, -0.2) is 9.37 Å². The third-order valence-electron chi connectivity index (χ3n) is 11.4. The topological polar surface area (TPSA) is 133 Å². The predicted molar refractivity (Wildman–Crippen MR) is 197 cm³/mol. The van der Waals surface area contributed by atoms with Gasteiger partial charge in [-0.1, -0.05) is 19.9 Å². The number of amides is 1. The Morgan fingerprint density at radius 2 is 1.67 bits per heavy atom. The molecule has 1 fully saturated rings. The van der Waals surface area contributed by atoms with Gasteiger partial charge in [-0.15, -0.1) is 0 Å². The molecule has 0 aromatic heterocycles. The number of carboxylic acid groups (broad SMARTS) is 1. The van der Waals surface area contributed by atoms with Crippen LogP contribution in [0.3, 0.4) is 0 Å². The van der Waals surface area contributed by atoms with Crippen LogP contribution in [0.4, 0.5) is 5.69 Å². The SMILES string of the molecule is CN1CCCc2cc3c(cc21)C(C)(C)c1cc2c(cc1=C3c1ccc(C(=O)NCCCCC(=O)OC3C(=O)CCC3=O)cc1C(=O)O)CCC[N+]=2C. The van der Waals surface area contributed by atoms with Crippen molar-refractivity contribution >= 4 is 40.7 Å². The predicted octanol–water partition coefficient (Wildman–Crippen LogP) is 3.46. The number of hydrogen-bond donors (Lipinski definition) is 2. The lowest BCUT2D eigenvalue weighted by Gasteiger charge is -2.38. The molecule has 0 atom stereocenters. The third-order valence-corrected chi connectivity index (χ3v) is 11.4. The molecule has 10 nitrogen and oxygen atoms in total. The summed E-state index contributed by atoms with van der Waals surface area (Å²) in [4.78, 5) is 64.3. The van der Waals surface area contributed by atoms with Gasteiger partial charge >= 0.3 is 11.9 Å². The molecule has 2 N–H and O–H groups in total. The van der Waals surface area contributed by atoms with Gasteiger partial charge in [0.25, 0.3) is 5.91 Å². The molecular weight excluding hydrogens is 658 g/mol. The number of Topliss-reactive ketones (excluding diaryl/α,β-unsaturated/α-hetero) is 2. The van der Waals surface area contributed by atoms with Crippen molar-refractivity contribution in [2.45, 2.75) is 83.2 Å². The smallest absolute Gasteiger partial charge is 0.336 e. The molecule has 52 heavy (non-hydrogen) atoms. The zero-order valence-corrected chi connectivity index (χ0v) is 30.4. The normalized spacial score (nSPS) is 17.7. The second-order valence-electron chi connectivity index (χ2n) is 15.2. The van der Waals surface area contributed by atoms with E-state index in [-0.39, 0.29) is 53.9 Å². The molecule has 2 aliphatic heterocycles. The van der Waals surface area contributed by atoms with Crippen LogP contribution in [0.15, 0.2) is 42.5 Å². The van der Waals surface area contributed by atoms with E-state index in [4.69, 9.17) is 4.74 Å². The van der Waals surface area contributed by atoms with Crippen LogP contribution in [-0.4, -0.2) is 74.4 Å². The van der Waals surface area contributed by atoms with Crippen LogP contribution in [0.5, 0.6) is 0 Å². The van der Waals surface area contributed by atoms with Crippen LogP contribution >= 0.6 is 0 Å². The molecule has 0 radical (unpaired) electrons. The number of nitrogens with zero attached hydrogens (tertiary/aromatic N) is 2. The average Bonchev–Trinajstić information content (AvgIpc) is 3.43. The minimum absolute atomic E-state index is 0.0160. The van der Waals surface area contributed by atoms with E-state index in [2.05, 4.69) is 67.0 Å². The lowest BCUT2D eigenvalue weighted by molar-refractivity contribution is -0.157. The van der Waals surface area contributed by atoms with Crippen LogP contribution in [0.25, 0.3) is 5.57 Å². The standard InChI is InChI=1S/C42H45N3O7/c1-42(2)31-22-33-24(9-7-17-44(33)3)19-29(31)38(30-20-25-10-8-18-45(4)34(25)23-32(30)42)27-13-12-26(21-28(27)41(50)51)40(49)43-16-6-5-11-37(48)52-39-35(46)14-15-36(39)47/h12-13,19-23,39H,5-11,14-18H2,1-4H3,(H-,43,49,50,51)/p+1. The van der Waals surface area contributed by atoms with Crippen molar-refractivity contribution in [3.63, 3.8) is 0 Å². The molecule has 2 heterocycles. The van der Waals surface area contributed by atoms with Gasteiger partial charge in [0.2, 0.25) is 11.5 Å². The van der Waals surface area contributed by atoms with Crippen LogP contribution in [0.2, 0.25) is 0 Å². The summed E-state index contributed by atoms with van der Waals surface area (Å²) in [7, 11) is 4.27. The Balaban J connectivity index is 1.21. The first kappa shape index (κ1) is 35.3. The van der Waals surface area contributed by atoms with Gasteiger partial charge < -0.3 is 20.1 Å². The lowest BCUT2D eigenvalue weighted by Crippen LogP contribution is -2.42. The van der Waals surface area contributed by atoms with Crippen molar-refractivity contribution in [1.29, 1.82) is 0 Å². The van der Waals surface area contributed by atoms with Crippen molar-refractivity contribution in [3.8, 4) is 0 Å². The number of fused-ring (bicyclic) bond motifs is 4. The molecule has 7 rings (SSSR count). The second-order valence-corrected chi connectivity index (χ2v) is 15.2. The monoisotopic (exact) mass is 704 g/mol. The number of unbranched alkanes of at least 4 members (excludes halogenated alkanes) is 1. The molecule has 1 amide bonds. The van der Waals surface area contributed by atoms with Crippen molar-refractivity contribution < 1.29 is 33.8 Å². The fourth-order valence-electron chi connectivity index (χ4n) is 8.45. The van der Waals surface area contributed by atoms with E-state index >= 15 is 0 Å². The minimum Gasteiger partial charge on any atom is -0.478 e. The van der Waals surface area contributed by atoms with Gasteiger partial charge in [-0.2, -0.15) is 0 Å². The molecule has 2 aliphatic carbocycles. The first-order valence-electron chi connectivity index (χ1n) is 18.4. The highest BCUT2D eigenvalue weighted by Gasteiger charge is 2.38. The molecule has 0 saturated heterocycles. The molecule has 270 valence electrons. The Morgan fingerprint density at radius 1 is 0.923 bits per heavy atom. The number of rotatable bonds is 9. The van der Waals surface area contributed by atoms with Crippen LogP contribution in [0.1, 0.15) is 113 Å². The number of nitrogens with one attached hydrogen (secondary N) is 1. The molecule has 4 aliphatic rings. The molecule has 1 saturated carbocycles. The molecule has 3 aromatic carbocycles. The highest BCUT2D eigenvalue weighted by atomic mass is 16.6. The maximum absolute atomic E-state index is 13.3. The number of carbonyl (C=O) groups is 5. The van der Waals surface area contributed by atoms with Gasteiger partial charge in [0.05, 0.1) is 5.56 Å². The van der Waals surface area contributed by atoms with E-state index in [0.29, 0.717) is 18.4 Å². The van der Waals surface area contributed by atoms with Gasteiger partial charge in [0, 0.05) is 74.1 Å². The van der Waals surface area contributed by atoms with E-state index in [1.54, 1.807) is 12.1 Å². The number of ketones is 2. The minimum atomic E-state index is -1.28. The number of hydrogen-bond acceptors (Lipinski definition) is 7. The lowest BCUT2D eigenvalue weighted by atomic mass is 9.67. The summed E-state index contributed by atoms with van der Waals surface area (Å²) in [5.74, 6) is -2.87. The van der Waals surface area contributed by atoms with Gasteiger partial charge in [-0.05, 0) is 101 Å². The Labute approximate surface area is 303 Å². The Hall–Kier alpha value is -5.12. The molecule has 3 aromatic rings. The Bertz CT molecular complexity index is 2170. The number of carbonyl (C=O) groups excluding carboxylic acids is 4. The maximum atomic E-state index is 13.3. The van der Waals surface area contributed by atoms with E-state index in [1.807, 2.05) is 0 Å². The van der Waals surface area contributed by atoms with Crippen molar-refractivity contribution in [3.05, 3.63) is 97.5 Å². The molecule has 0 bridgehead atoms. The summed E-state index contributed by atoms with van der Waals surface area (Å²) in [6, 6.07) is 14.1. The number of aryl methyl sites for hydroxylation is 2. The zero-order chi connectivity index (χ0) is 36.9. The van der Waals surface area contributed by atoms with Crippen molar-refractivity contribution in [1.82, 2.24) is 9.89 Å². The summed E-state index contributed by atoms with van der Waals surface area (Å²) in [6.45, 7) is 6.75.